The van der Waals surface area contributed by atoms with E-state index in [1.165, 1.54) is 90.3 Å². The predicted molar refractivity (Wildman–Crippen MR) is 118 cm³/mol. The van der Waals surface area contributed by atoms with Crippen LogP contribution in [0.4, 0.5) is 0 Å². The van der Waals surface area contributed by atoms with Crippen LogP contribution in [0.5, 0.6) is 0 Å². The van der Waals surface area contributed by atoms with Crippen LogP contribution in [0.15, 0.2) is 0 Å². The number of rotatable bonds is 3. The van der Waals surface area contributed by atoms with Crippen molar-refractivity contribution in [1.29, 1.82) is 0 Å². The predicted octanol–water partition coefficient (Wildman–Crippen LogP) is 8.43. The van der Waals surface area contributed by atoms with Crippen LogP contribution in [-0.4, -0.2) is 24.5 Å². The van der Waals surface area contributed by atoms with Crippen molar-refractivity contribution >= 4 is 0 Å². The van der Waals surface area contributed by atoms with Gasteiger partial charge in [0.15, 0.2) is 0 Å². The van der Waals surface area contributed by atoms with Gasteiger partial charge < -0.3 is 4.90 Å². The van der Waals surface area contributed by atoms with Crippen LogP contribution in [0, 0.1) is 11.8 Å². The summed E-state index contributed by atoms with van der Waals surface area (Å²) in [5.41, 5.74) is 0. The molecule has 0 spiro atoms. The molecule has 3 fully saturated rings. The summed E-state index contributed by atoms with van der Waals surface area (Å²) >= 11 is 0. The maximum absolute atomic E-state index is 2.49. The summed E-state index contributed by atoms with van der Waals surface area (Å²) < 4.78 is 0. The highest BCUT2D eigenvalue weighted by Crippen LogP contribution is 2.28. The minimum Gasteiger partial charge on any atom is -0.304 e. The number of likely N-dealkylation sites (tertiary alicyclic amines) is 1. The standard InChI is InChI=1S/C7H14.C6H13N.C6H12.4CH4/c2*1-2-7-5-3-4-6-7;1-2-6-4-3-5-6;;;;/h7H,2-6H2,1H3;2-6H2,1H3;6H,2-5H2,1H3;4*1H4. The molecule has 1 aliphatic heterocycles. The monoisotopic (exact) mass is 345 g/mol. The topological polar surface area (TPSA) is 3.24 Å². The van der Waals surface area contributed by atoms with E-state index in [9.17, 15) is 0 Å². The Kier molecular flexibility index (Phi) is 27.7. The van der Waals surface area contributed by atoms with Gasteiger partial charge in [-0.05, 0) is 44.3 Å². The molecule has 2 aliphatic carbocycles. The Balaban J connectivity index is -0.000000116. The highest BCUT2D eigenvalue weighted by Gasteiger charge is 2.13. The van der Waals surface area contributed by atoms with Crippen molar-refractivity contribution in [3.63, 3.8) is 0 Å². The highest BCUT2D eigenvalue weighted by atomic mass is 15.1. The Labute approximate surface area is 158 Å². The van der Waals surface area contributed by atoms with E-state index in [1.54, 1.807) is 0 Å². The molecule has 0 bridgehead atoms. The van der Waals surface area contributed by atoms with Crippen molar-refractivity contribution in [2.75, 3.05) is 19.6 Å². The fourth-order valence-electron chi connectivity index (χ4n) is 3.42. The number of hydrogen-bond donors (Lipinski definition) is 0. The molecule has 0 aromatic heterocycles. The summed E-state index contributed by atoms with van der Waals surface area (Å²) in [6.07, 6.45) is 16.2. The Morgan fingerprint density at radius 1 is 0.583 bits per heavy atom. The third kappa shape index (κ3) is 14.3. The first-order valence-electron chi connectivity index (χ1n) is 9.52. The smallest absolute Gasteiger partial charge is 0.00184 e. The Morgan fingerprint density at radius 3 is 1.12 bits per heavy atom. The van der Waals surface area contributed by atoms with E-state index in [4.69, 9.17) is 0 Å². The first kappa shape index (κ1) is 31.7. The lowest BCUT2D eigenvalue weighted by Crippen LogP contribution is -2.17. The molecule has 1 heteroatoms. The molecule has 3 aliphatic rings. The third-order valence-corrected chi connectivity index (χ3v) is 5.50. The Bertz CT molecular complexity index is 179. The largest absolute Gasteiger partial charge is 0.304 e. The van der Waals surface area contributed by atoms with Crippen LogP contribution in [-0.2, 0) is 0 Å². The summed E-state index contributed by atoms with van der Waals surface area (Å²) in [7, 11) is 0. The fraction of sp³-hybridized carbons (Fsp3) is 1.00. The van der Waals surface area contributed by atoms with E-state index in [1.807, 2.05) is 0 Å². The van der Waals surface area contributed by atoms with E-state index in [0.717, 1.165) is 11.8 Å². The molecular formula is C23H55N. The molecule has 0 amide bonds. The third-order valence-electron chi connectivity index (χ3n) is 5.50. The van der Waals surface area contributed by atoms with Gasteiger partial charge >= 0.3 is 0 Å². The van der Waals surface area contributed by atoms with Crippen molar-refractivity contribution in [2.45, 2.75) is 121 Å². The van der Waals surface area contributed by atoms with Crippen LogP contribution in [0.1, 0.15) is 121 Å². The first-order chi connectivity index (χ1) is 9.80. The lowest BCUT2D eigenvalue weighted by atomic mass is 9.84. The van der Waals surface area contributed by atoms with Crippen molar-refractivity contribution in [2.24, 2.45) is 11.8 Å². The summed E-state index contributed by atoms with van der Waals surface area (Å²) in [4.78, 5) is 2.49. The molecular weight excluding hydrogens is 290 g/mol. The van der Waals surface area contributed by atoms with Gasteiger partial charge in [0.2, 0.25) is 0 Å². The average Bonchev–Trinajstić information content (AvgIpc) is 3.12. The maximum Gasteiger partial charge on any atom is -0.00184 e. The average molecular weight is 346 g/mol. The lowest BCUT2D eigenvalue weighted by molar-refractivity contribution is 0.307. The maximum atomic E-state index is 2.49. The van der Waals surface area contributed by atoms with E-state index in [0.29, 0.717) is 0 Å². The van der Waals surface area contributed by atoms with Gasteiger partial charge in [0, 0.05) is 0 Å². The first-order valence-corrected chi connectivity index (χ1v) is 9.52. The van der Waals surface area contributed by atoms with Crippen molar-refractivity contribution in [1.82, 2.24) is 4.90 Å². The second-order valence-electron chi connectivity index (χ2n) is 6.91. The molecule has 0 atom stereocenters. The molecule has 3 rings (SSSR count). The minimum absolute atomic E-state index is 0. The van der Waals surface area contributed by atoms with Gasteiger partial charge in [0.05, 0.1) is 0 Å². The molecule has 0 N–H and O–H groups in total. The van der Waals surface area contributed by atoms with Crippen LogP contribution in [0.25, 0.3) is 0 Å². The summed E-state index contributed by atoms with van der Waals surface area (Å²) in [6, 6.07) is 0. The highest BCUT2D eigenvalue weighted by molar-refractivity contribution is 4.66. The molecule has 0 unspecified atom stereocenters. The molecule has 1 heterocycles. The normalized spacial score (nSPS) is 19.6. The van der Waals surface area contributed by atoms with E-state index in [2.05, 4.69) is 25.7 Å². The van der Waals surface area contributed by atoms with Gasteiger partial charge in [0.25, 0.3) is 0 Å². The lowest BCUT2D eigenvalue weighted by Gasteiger charge is -2.22. The van der Waals surface area contributed by atoms with Crippen LogP contribution in [0.2, 0.25) is 0 Å². The van der Waals surface area contributed by atoms with Gasteiger partial charge in [-0.1, -0.05) is 108 Å². The second kappa shape index (κ2) is 21.0. The summed E-state index contributed by atoms with van der Waals surface area (Å²) in [5, 5.41) is 0. The zero-order valence-electron chi connectivity index (χ0n) is 14.5. The van der Waals surface area contributed by atoms with Gasteiger partial charge in [-0.3, -0.25) is 0 Å². The van der Waals surface area contributed by atoms with Gasteiger partial charge in [-0.15, -0.1) is 0 Å². The van der Waals surface area contributed by atoms with Gasteiger partial charge in [-0.25, -0.2) is 0 Å². The molecule has 0 radical (unpaired) electrons. The van der Waals surface area contributed by atoms with Crippen molar-refractivity contribution in [3.05, 3.63) is 0 Å². The zero-order chi connectivity index (χ0) is 14.6. The summed E-state index contributed by atoms with van der Waals surface area (Å²) in [6.45, 7) is 10.7. The van der Waals surface area contributed by atoms with Gasteiger partial charge in [-0.2, -0.15) is 0 Å². The van der Waals surface area contributed by atoms with Crippen molar-refractivity contribution in [3.8, 4) is 0 Å². The molecule has 1 nitrogen and oxygen atoms in total. The van der Waals surface area contributed by atoms with E-state index >= 15 is 0 Å². The Morgan fingerprint density at radius 2 is 0.958 bits per heavy atom. The SMILES string of the molecule is C.C.C.C.CCC1CCC1.CCC1CCCC1.CCN1CCCC1. The minimum atomic E-state index is 0. The second-order valence-corrected chi connectivity index (χ2v) is 6.91. The summed E-state index contributed by atoms with van der Waals surface area (Å²) in [5.74, 6) is 2.21. The molecule has 1 saturated heterocycles. The van der Waals surface area contributed by atoms with Crippen LogP contribution < -0.4 is 0 Å². The van der Waals surface area contributed by atoms with Crippen LogP contribution >= 0.6 is 0 Å². The quantitative estimate of drug-likeness (QED) is 0.496. The molecule has 2 saturated carbocycles. The zero-order valence-corrected chi connectivity index (χ0v) is 14.5. The molecule has 0 aromatic rings. The van der Waals surface area contributed by atoms with Crippen LogP contribution in [0.3, 0.4) is 0 Å². The Hall–Kier alpha value is -0.0400. The number of hydrogen-bond acceptors (Lipinski definition) is 1. The van der Waals surface area contributed by atoms with E-state index in [-0.39, 0.29) is 29.7 Å². The molecule has 0 aromatic carbocycles. The van der Waals surface area contributed by atoms with Gasteiger partial charge in [0.1, 0.15) is 0 Å². The van der Waals surface area contributed by atoms with E-state index < -0.39 is 0 Å². The molecule has 152 valence electrons. The number of nitrogens with zero attached hydrogens (tertiary/aromatic N) is 1. The van der Waals surface area contributed by atoms with Crippen molar-refractivity contribution < 1.29 is 0 Å². The molecule has 24 heavy (non-hydrogen) atoms. The fourth-order valence-corrected chi connectivity index (χ4v) is 3.42.